The molecule has 3 heteroatoms. The van der Waals surface area contributed by atoms with Gasteiger partial charge in [0.15, 0.2) is 0 Å². The lowest BCUT2D eigenvalue weighted by Gasteiger charge is -2.19. The third kappa shape index (κ3) is 1.85. The molecule has 0 amide bonds. The van der Waals surface area contributed by atoms with E-state index in [4.69, 9.17) is 4.74 Å². The Hall–Kier alpha value is -0.570. The number of ether oxygens (including phenoxy) is 1. The molecule has 74 valence electrons. The summed E-state index contributed by atoms with van der Waals surface area (Å²) in [6.07, 6.45) is 3.82. The van der Waals surface area contributed by atoms with Crippen molar-refractivity contribution < 1.29 is 9.53 Å². The molecule has 0 aromatic heterocycles. The van der Waals surface area contributed by atoms with Crippen molar-refractivity contribution in [2.24, 2.45) is 5.92 Å². The molecule has 0 aromatic carbocycles. The van der Waals surface area contributed by atoms with Gasteiger partial charge in [-0.25, -0.2) is 0 Å². The molecule has 0 radical (unpaired) electrons. The van der Waals surface area contributed by atoms with E-state index in [0.29, 0.717) is 18.6 Å². The van der Waals surface area contributed by atoms with Crippen LogP contribution < -0.4 is 0 Å². The maximum atomic E-state index is 10.7. The van der Waals surface area contributed by atoms with Crippen LogP contribution in [-0.2, 0) is 9.53 Å². The summed E-state index contributed by atoms with van der Waals surface area (Å²) >= 11 is 0. The molecule has 0 bridgehead atoms. The van der Waals surface area contributed by atoms with Crippen LogP contribution >= 0.6 is 0 Å². The minimum atomic E-state index is -0.142. The molecule has 2 unspecified atom stereocenters. The van der Waals surface area contributed by atoms with E-state index >= 15 is 0 Å². The second-order valence-electron chi connectivity index (χ2n) is 4.10. The maximum absolute atomic E-state index is 10.7. The smallest absolute Gasteiger partial charge is 0.302 e. The van der Waals surface area contributed by atoms with Gasteiger partial charge in [0.05, 0.1) is 6.61 Å². The van der Waals surface area contributed by atoms with Gasteiger partial charge in [-0.3, -0.25) is 9.69 Å². The summed E-state index contributed by atoms with van der Waals surface area (Å²) in [5.74, 6) is 0.461. The summed E-state index contributed by atoms with van der Waals surface area (Å²) in [5, 5.41) is 0. The van der Waals surface area contributed by atoms with Gasteiger partial charge in [-0.2, -0.15) is 0 Å². The number of rotatable bonds is 2. The molecule has 2 rings (SSSR count). The molecular formula is C10H17NO2. The average Bonchev–Trinajstić information content (AvgIpc) is 2.60. The number of hydrogen-bond donors (Lipinski definition) is 0. The van der Waals surface area contributed by atoms with Gasteiger partial charge in [0.25, 0.3) is 0 Å². The molecule has 13 heavy (non-hydrogen) atoms. The fourth-order valence-corrected chi connectivity index (χ4v) is 2.61. The van der Waals surface area contributed by atoms with E-state index in [0.717, 1.165) is 0 Å². The second-order valence-corrected chi connectivity index (χ2v) is 4.10. The summed E-state index contributed by atoms with van der Waals surface area (Å²) in [7, 11) is 0. The van der Waals surface area contributed by atoms with Crippen LogP contribution in [-0.4, -0.2) is 36.6 Å². The number of esters is 1. The third-order valence-electron chi connectivity index (χ3n) is 3.25. The first-order valence-corrected chi connectivity index (χ1v) is 5.15. The summed E-state index contributed by atoms with van der Waals surface area (Å²) in [4.78, 5) is 13.2. The van der Waals surface area contributed by atoms with Gasteiger partial charge in [-0.05, 0) is 32.4 Å². The zero-order valence-electron chi connectivity index (χ0n) is 8.16. The van der Waals surface area contributed by atoms with Gasteiger partial charge in [-0.15, -0.1) is 0 Å². The average molecular weight is 183 g/mol. The van der Waals surface area contributed by atoms with Gasteiger partial charge in [0, 0.05) is 18.9 Å². The quantitative estimate of drug-likeness (QED) is 0.599. The lowest BCUT2D eigenvalue weighted by atomic mass is 9.99. The highest BCUT2D eigenvalue weighted by Crippen LogP contribution is 2.32. The molecule has 2 heterocycles. The van der Waals surface area contributed by atoms with Crippen molar-refractivity contribution in [3.8, 4) is 0 Å². The van der Waals surface area contributed by atoms with Crippen molar-refractivity contribution in [1.82, 2.24) is 4.90 Å². The van der Waals surface area contributed by atoms with Gasteiger partial charge in [0.1, 0.15) is 0 Å². The largest absolute Gasteiger partial charge is 0.466 e. The number of fused-ring (bicyclic) bond motifs is 1. The summed E-state index contributed by atoms with van der Waals surface area (Å²) < 4.78 is 5.07. The molecule has 0 N–H and O–H groups in total. The van der Waals surface area contributed by atoms with Crippen LogP contribution in [0.3, 0.4) is 0 Å². The Balaban J connectivity index is 1.83. The molecule has 3 nitrogen and oxygen atoms in total. The van der Waals surface area contributed by atoms with E-state index in [1.165, 1.54) is 39.3 Å². The first-order chi connectivity index (χ1) is 6.27. The van der Waals surface area contributed by atoms with Crippen LogP contribution in [0.1, 0.15) is 26.2 Å². The predicted molar refractivity (Wildman–Crippen MR) is 49.3 cm³/mol. The monoisotopic (exact) mass is 183 g/mol. The Kier molecular flexibility index (Phi) is 2.54. The fraction of sp³-hybridized carbons (Fsp3) is 0.900. The number of hydrogen-bond acceptors (Lipinski definition) is 3. The summed E-state index contributed by atoms with van der Waals surface area (Å²) in [6.45, 7) is 4.58. The molecule has 2 aliphatic heterocycles. The fourth-order valence-electron chi connectivity index (χ4n) is 2.61. The van der Waals surface area contributed by atoms with Crippen LogP contribution in [0.5, 0.6) is 0 Å². The van der Waals surface area contributed by atoms with Crippen molar-refractivity contribution in [1.29, 1.82) is 0 Å². The van der Waals surface area contributed by atoms with E-state index in [-0.39, 0.29) is 5.97 Å². The van der Waals surface area contributed by atoms with Gasteiger partial charge in [0.2, 0.25) is 0 Å². The van der Waals surface area contributed by atoms with Crippen LogP contribution in [0, 0.1) is 5.92 Å². The predicted octanol–water partition coefficient (Wildman–Crippen LogP) is 1.03. The first-order valence-electron chi connectivity index (χ1n) is 5.15. The van der Waals surface area contributed by atoms with Gasteiger partial charge in [-0.1, -0.05) is 0 Å². The molecule has 0 aliphatic carbocycles. The van der Waals surface area contributed by atoms with Crippen molar-refractivity contribution in [2.75, 3.05) is 19.7 Å². The van der Waals surface area contributed by atoms with Crippen LogP contribution in [0.4, 0.5) is 0 Å². The van der Waals surface area contributed by atoms with E-state index in [1.54, 1.807) is 0 Å². The van der Waals surface area contributed by atoms with E-state index in [9.17, 15) is 4.79 Å². The highest BCUT2D eigenvalue weighted by Gasteiger charge is 2.37. The highest BCUT2D eigenvalue weighted by atomic mass is 16.5. The summed E-state index contributed by atoms with van der Waals surface area (Å²) in [5.41, 5.74) is 0. The lowest BCUT2D eigenvalue weighted by molar-refractivity contribution is -0.142. The topological polar surface area (TPSA) is 29.5 Å². The van der Waals surface area contributed by atoms with E-state index in [2.05, 4.69) is 4.90 Å². The van der Waals surface area contributed by atoms with Crippen molar-refractivity contribution in [3.05, 3.63) is 0 Å². The van der Waals surface area contributed by atoms with E-state index in [1.807, 2.05) is 0 Å². The SMILES string of the molecule is CC(=O)OCC1CCN2CCCC12. The van der Waals surface area contributed by atoms with Crippen molar-refractivity contribution in [2.45, 2.75) is 32.2 Å². The Morgan fingerprint density at radius 1 is 1.46 bits per heavy atom. The molecule has 2 atom stereocenters. The minimum absolute atomic E-state index is 0.142. The number of carbonyl (C=O) groups is 1. The molecule has 2 fully saturated rings. The third-order valence-corrected chi connectivity index (χ3v) is 3.25. The van der Waals surface area contributed by atoms with Gasteiger partial charge < -0.3 is 4.74 Å². The zero-order valence-corrected chi connectivity index (χ0v) is 8.16. The van der Waals surface area contributed by atoms with Crippen molar-refractivity contribution >= 4 is 5.97 Å². The minimum Gasteiger partial charge on any atom is -0.466 e. The van der Waals surface area contributed by atoms with Gasteiger partial charge >= 0.3 is 5.97 Å². The highest BCUT2D eigenvalue weighted by molar-refractivity contribution is 5.65. The molecular weight excluding hydrogens is 166 g/mol. The van der Waals surface area contributed by atoms with Crippen molar-refractivity contribution in [3.63, 3.8) is 0 Å². The Morgan fingerprint density at radius 2 is 2.31 bits per heavy atom. The Labute approximate surface area is 79.0 Å². The van der Waals surface area contributed by atoms with Crippen LogP contribution in [0.2, 0.25) is 0 Å². The first kappa shape index (κ1) is 9.00. The second kappa shape index (κ2) is 3.66. The lowest BCUT2D eigenvalue weighted by Crippen LogP contribution is -2.28. The van der Waals surface area contributed by atoms with Crippen LogP contribution in [0.25, 0.3) is 0 Å². The molecule has 2 saturated heterocycles. The zero-order chi connectivity index (χ0) is 9.26. The Bertz CT molecular complexity index is 205. The molecule has 2 aliphatic rings. The van der Waals surface area contributed by atoms with Crippen LogP contribution in [0.15, 0.2) is 0 Å². The molecule has 0 saturated carbocycles. The standard InChI is InChI=1S/C10H17NO2/c1-8(12)13-7-9-4-6-11-5-2-3-10(9)11/h9-10H,2-7H2,1H3. The molecule has 0 aromatic rings. The summed E-state index contributed by atoms with van der Waals surface area (Å²) in [6, 6.07) is 0.708. The number of carbonyl (C=O) groups excluding carboxylic acids is 1. The number of nitrogens with zero attached hydrogens (tertiary/aromatic N) is 1. The van der Waals surface area contributed by atoms with E-state index < -0.39 is 0 Å². The normalized spacial score (nSPS) is 33.3. The molecule has 0 spiro atoms. The Morgan fingerprint density at radius 3 is 3.08 bits per heavy atom. The maximum Gasteiger partial charge on any atom is 0.302 e.